The molecule has 0 aliphatic carbocycles. The van der Waals surface area contributed by atoms with Crippen molar-refractivity contribution in [2.24, 2.45) is 0 Å². The van der Waals surface area contributed by atoms with E-state index in [0.29, 0.717) is 9.99 Å². The largest absolute Gasteiger partial charge is 0.416 e. The van der Waals surface area contributed by atoms with Crippen LogP contribution in [0.25, 0.3) is 0 Å². The summed E-state index contributed by atoms with van der Waals surface area (Å²) in [5, 5.41) is 2.65. The highest BCUT2D eigenvalue weighted by atomic mass is 32.2. The number of benzene rings is 3. The molecule has 1 aliphatic heterocycles. The van der Waals surface area contributed by atoms with E-state index in [2.05, 4.69) is 10.2 Å². The van der Waals surface area contributed by atoms with Gasteiger partial charge in [-0.1, -0.05) is 24.3 Å². The van der Waals surface area contributed by atoms with Crippen LogP contribution in [0.4, 0.5) is 30.2 Å². The number of carbonyl (C=O) groups excluding carboxylic acids is 1. The molecule has 0 aromatic heterocycles. The Morgan fingerprint density at radius 1 is 0.889 bits per heavy atom. The third kappa shape index (κ3) is 5.99. The van der Waals surface area contributed by atoms with Gasteiger partial charge in [-0.3, -0.25) is 9.10 Å². The number of carbonyl (C=O) groups is 1. The first-order chi connectivity index (χ1) is 17.1. The standard InChI is InChI=1S/C26H26F3N3O3S/c27-26(28,29)20-8-7-9-23(18-20)32(36(34,35)24-10-3-1-4-11-24)19-25(33)30-21-12-14-22(15-13-21)31-16-5-2-6-17-31/h1,3-4,7-15,18H,2,5-6,16-17,19H2,(H,30,33). The van der Waals surface area contributed by atoms with Crippen LogP contribution in [0.5, 0.6) is 0 Å². The Hall–Kier alpha value is -3.53. The molecular formula is C26H26F3N3O3S. The Balaban J connectivity index is 1.58. The van der Waals surface area contributed by atoms with Crippen LogP contribution in [0.2, 0.25) is 0 Å². The molecule has 190 valence electrons. The van der Waals surface area contributed by atoms with E-state index in [1.807, 2.05) is 12.1 Å². The molecule has 1 saturated heterocycles. The summed E-state index contributed by atoms with van der Waals surface area (Å²) in [6.45, 7) is 1.23. The van der Waals surface area contributed by atoms with Gasteiger partial charge in [0.25, 0.3) is 10.0 Å². The Kier molecular flexibility index (Phi) is 7.53. The number of nitrogens with zero attached hydrogens (tertiary/aromatic N) is 2. The molecule has 0 saturated carbocycles. The zero-order valence-corrected chi connectivity index (χ0v) is 20.2. The molecule has 1 fully saturated rings. The molecule has 6 nitrogen and oxygen atoms in total. The number of hydrogen-bond donors (Lipinski definition) is 1. The average molecular weight is 518 g/mol. The van der Waals surface area contributed by atoms with Crippen molar-refractivity contribution in [3.63, 3.8) is 0 Å². The molecule has 1 aliphatic rings. The molecule has 1 amide bonds. The minimum Gasteiger partial charge on any atom is -0.372 e. The van der Waals surface area contributed by atoms with Gasteiger partial charge in [0.1, 0.15) is 6.54 Å². The SMILES string of the molecule is O=C(CN(c1cccc(C(F)(F)F)c1)S(=O)(=O)c1ccccc1)Nc1ccc(N2CCCCC2)cc1. The summed E-state index contributed by atoms with van der Waals surface area (Å²) in [4.78, 5) is 15.0. The number of nitrogens with one attached hydrogen (secondary N) is 1. The summed E-state index contributed by atoms with van der Waals surface area (Å²) in [5.74, 6) is -0.683. The lowest BCUT2D eigenvalue weighted by atomic mass is 10.1. The second-order valence-corrected chi connectivity index (χ2v) is 10.4. The highest BCUT2D eigenvalue weighted by Gasteiger charge is 2.33. The van der Waals surface area contributed by atoms with E-state index in [4.69, 9.17) is 0 Å². The lowest BCUT2D eigenvalue weighted by molar-refractivity contribution is -0.137. The van der Waals surface area contributed by atoms with E-state index in [1.54, 1.807) is 18.2 Å². The number of rotatable bonds is 7. The van der Waals surface area contributed by atoms with Gasteiger partial charge in [0.2, 0.25) is 5.91 Å². The van der Waals surface area contributed by atoms with Crippen LogP contribution in [0, 0.1) is 0 Å². The first-order valence-electron chi connectivity index (χ1n) is 11.5. The quantitative estimate of drug-likeness (QED) is 0.448. The maximum Gasteiger partial charge on any atom is 0.416 e. The van der Waals surface area contributed by atoms with Gasteiger partial charge in [0.05, 0.1) is 16.1 Å². The number of hydrogen-bond acceptors (Lipinski definition) is 4. The lowest BCUT2D eigenvalue weighted by Gasteiger charge is -2.29. The van der Waals surface area contributed by atoms with Crippen molar-refractivity contribution in [3.8, 4) is 0 Å². The van der Waals surface area contributed by atoms with E-state index in [1.165, 1.54) is 36.8 Å². The van der Waals surface area contributed by atoms with Crippen molar-refractivity contribution in [2.45, 2.75) is 30.3 Å². The van der Waals surface area contributed by atoms with E-state index in [-0.39, 0.29) is 10.6 Å². The van der Waals surface area contributed by atoms with Crippen LogP contribution < -0.4 is 14.5 Å². The molecule has 36 heavy (non-hydrogen) atoms. The van der Waals surface area contributed by atoms with Crippen molar-refractivity contribution < 1.29 is 26.4 Å². The van der Waals surface area contributed by atoms with Crippen LogP contribution in [0.15, 0.2) is 83.8 Å². The van der Waals surface area contributed by atoms with Gasteiger partial charge in [0, 0.05) is 24.5 Å². The monoisotopic (exact) mass is 517 g/mol. The molecule has 1 N–H and O–H groups in total. The minimum absolute atomic E-state index is 0.138. The number of alkyl halides is 3. The summed E-state index contributed by atoms with van der Waals surface area (Å²) >= 11 is 0. The maximum atomic E-state index is 13.4. The van der Waals surface area contributed by atoms with E-state index in [0.717, 1.165) is 49.8 Å². The number of halogens is 3. The topological polar surface area (TPSA) is 69.7 Å². The molecule has 4 rings (SSSR count). The van der Waals surface area contributed by atoms with Crippen molar-refractivity contribution in [1.29, 1.82) is 0 Å². The summed E-state index contributed by atoms with van der Waals surface area (Å²) in [5.41, 5.74) is 0.220. The summed E-state index contributed by atoms with van der Waals surface area (Å²) < 4.78 is 67.4. The molecule has 0 radical (unpaired) electrons. The maximum absolute atomic E-state index is 13.4. The first kappa shape index (κ1) is 25.6. The third-order valence-corrected chi connectivity index (χ3v) is 7.74. The molecule has 0 spiro atoms. The van der Waals surface area contributed by atoms with Crippen LogP contribution in [0.3, 0.4) is 0 Å². The normalized spacial score (nSPS) is 14.4. The Morgan fingerprint density at radius 2 is 1.56 bits per heavy atom. The van der Waals surface area contributed by atoms with Crippen molar-refractivity contribution in [3.05, 3.63) is 84.4 Å². The molecule has 3 aromatic rings. The van der Waals surface area contributed by atoms with Gasteiger partial charge in [-0.05, 0) is 73.9 Å². The highest BCUT2D eigenvalue weighted by Crippen LogP contribution is 2.33. The first-order valence-corrected chi connectivity index (χ1v) is 13.0. The minimum atomic E-state index is -4.67. The van der Waals surface area contributed by atoms with Gasteiger partial charge < -0.3 is 10.2 Å². The smallest absolute Gasteiger partial charge is 0.372 e. The molecule has 0 unspecified atom stereocenters. The molecule has 0 bridgehead atoms. The number of piperidine rings is 1. The predicted octanol–water partition coefficient (Wildman–Crippen LogP) is 5.53. The Labute approximate surface area is 208 Å². The van der Waals surface area contributed by atoms with E-state index in [9.17, 15) is 26.4 Å². The van der Waals surface area contributed by atoms with Crippen molar-refractivity contribution in [2.75, 3.05) is 34.2 Å². The Morgan fingerprint density at radius 3 is 2.19 bits per heavy atom. The second-order valence-electron chi connectivity index (χ2n) is 8.52. The molecular weight excluding hydrogens is 491 g/mol. The molecule has 10 heteroatoms. The lowest BCUT2D eigenvalue weighted by Crippen LogP contribution is -2.38. The fourth-order valence-electron chi connectivity index (χ4n) is 4.11. The number of amides is 1. The van der Waals surface area contributed by atoms with Crippen LogP contribution in [-0.2, 0) is 21.0 Å². The fraction of sp³-hybridized carbons (Fsp3) is 0.269. The van der Waals surface area contributed by atoms with Crippen LogP contribution in [-0.4, -0.2) is 34.0 Å². The fourth-order valence-corrected chi connectivity index (χ4v) is 5.54. The van der Waals surface area contributed by atoms with Crippen LogP contribution >= 0.6 is 0 Å². The van der Waals surface area contributed by atoms with Crippen LogP contribution in [0.1, 0.15) is 24.8 Å². The molecule has 0 atom stereocenters. The number of sulfonamides is 1. The van der Waals surface area contributed by atoms with E-state index >= 15 is 0 Å². The van der Waals surface area contributed by atoms with Crippen molar-refractivity contribution in [1.82, 2.24) is 0 Å². The van der Waals surface area contributed by atoms with Gasteiger partial charge in [-0.2, -0.15) is 13.2 Å². The summed E-state index contributed by atoms with van der Waals surface area (Å²) in [6.07, 6.45) is -1.21. The Bertz CT molecular complexity index is 1290. The summed E-state index contributed by atoms with van der Waals surface area (Å²) in [7, 11) is -4.33. The van der Waals surface area contributed by atoms with E-state index < -0.39 is 34.2 Å². The highest BCUT2D eigenvalue weighted by molar-refractivity contribution is 7.92. The zero-order valence-electron chi connectivity index (χ0n) is 19.4. The van der Waals surface area contributed by atoms with Gasteiger partial charge >= 0.3 is 6.18 Å². The predicted molar refractivity (Wildman–Crippen MR) is 134 cm³/mol. The van der Waals surface area contributed by atoms with Gasteiger partial charge in [-0.15, -0.1) is 0 Å². The zero-order chi connectivity index (χ0) is 25.8. The molecule has 3 aromatic carbocycles. The second kappa shape index (κ2) is 10.6. The third-order valence-electron chi connectivity index (χ3n) is 5.95. The van der Waals surface area contributed by atoms with Gasteiger partial charge in [-0.25, -0.2) is 8.42 Å². The molecule has 1 heterocycles. The van der Waals surface area contributed by atoms with Gasteiger partial charge in [0.15, 0.2) is 0 Å². The average Bonchev–Trinajstić information content (AvgIpc) is 2.88. The number of anilines is 3. The van der Waals surface area contributed by atoms with Crippen molar-refractivity contribution >= 4 is 33.0 Å². The summed E-state index contributed by atoms with van der Waals surface area (Å²) in [6, 6.07) is 18.4.